The van der Waals surface area contributed by atoms with Crippen molar-refractivity contribution in [3.63, 3.8) is 0 Å². The number of hydrogen-bond acceptors (Lipinski definition) is 7. The minimum absolute atomic E-state index is 0.165. The number of carbonyl (C=O) groups is 1. The maximum absolute atomic E-state index is 12.6. The zero-order valence-electron chi connectivity index (χ0n) is 15.9. The molecule has 9 heteroatoms. The van der Waals surface area contributed by atoms with Gasteiger partial charge in [0, 0.05) is 45.5 Å². The van der Waals surface area contributed by atoms with E-state index in [1.54, 1.807) is 6.20 Å². The predicted octanol–water partition coefficient (Wildman–Crippen LogP) is -0.233. The monoisotopic (exact) mass is 370 g/mol. The lowest BCUT2D eigenvalue weighted by atomic mass is 10.2. The number of nitrogens with zero attached hydrogens (tertiary/aromatic N) is 6. The van der Waals surface area contributed by atoms with E-state index in [-0.39, 0.29) is 5.91 Å². The average Bonchev–Trinajstić information content (AvgIpc) is 3.09. The van der Waals surface area contributed by atoms with Gasteiger partial charge >= 0.3 is 0 Å². The van der Waals surface area contributed by atoms with Crippen LogP contribution in [0.1, 0.15) is 27.4 Å². The molecule has 0 spiro atoms. The molecule has 0 radical (unpaired) electrons. The maximum atomic E-state index is 12.6. The second-order valence-corrected chi connectivity index (χ2v) is 7.17. The zero-order valence-corrected chi connectivity index (χ0v) is 15.9. The highest BCUT2D eigenvalue weighted by atomic mass is 16.1. The minimum atomic E-state index is -0.165. The van der Waals surface area contributed by atoms with Gasteiger partial charge in [-0.15, -0.1) is 0 Å². The molecule has 0 aliphatic carbocycles. The Balaban J connectivity index is 1.39. The van der Waals surface area contributed by atoms with Crippen molar-refractivity contribution < 1.29 is 4.79 Å². The van der Waals surface area contributed by atoms with Crippen molar-refractivity contribution >= 4 is 11.9 Å². The van der Waals surface area contributed by atoms with E-state index < -0.39 is 0 Å². The van der Waals surface area contributed by atoms with Gasteiger partial charge in [0.2, 0.25) is 5.95 Å². The van der Waals surface area contributed by atoms with Crippen molar-refractivity contribution in [3.05, 3.63) is 34.9 Å². The summed E-state index contributed by atoms with van der Waals surface area (Å²) in [6.45, 7) is 8.67. The first kappa shape index (κ1) is 17.9. The summed E-state index contributed by atoms with van der Waals surface area (Å²) in [5, 5.41) is 10.8. The van der Waals surface area contributed by atoms with E-state index in [1.807, 2.05) is 17.7 Å². The topological polar surface area (TPSA) is 91.2 Å². The SMILES string of the molecule is Cc1nc(N2CCN(C)CC2)ncc1C(=O)NCc1cc2n(n1)CCNC2. The molecule has 2 aliphatic rings. The van der Waals surface area contributed by atoms with Crippen molar-refractivity contribution in [2.24, 2.45) is 0 Å². The van der Waals surface area contributed by atoms with E-state index in [9.17, 15) is 4.79 Å². The fraction of sp³-hybridized carbons (Fsp3) is 0.556. The van der Waals surface area contributed by atoms with Gasteiger partial charge in [0.25, 0.3) is 5.91 Å². The van der Waals surface area contributed by atoms with Crippen LogP contribution in [0.2, 0.25) is 0 Å². The number of anilines is 1. The Morgan fingerprint density at radius 1 is 1.26 bits per heavy atom. The Morgan fingerprint density at radius 2 is 2.07 bits per heavy atom. The standard InChI is InChI=1S/C18H26N8O/c1-13-16(12-21-18(22-13)25-7-5-24(2)6-8-25)17(27)20-10-14-9-15-11-19-3-4-26(15)23-14/h9,12,19H,3-8,10-11H2,1-2H3,(H,20,27). The molecule has 0 atom stereocenters. The summed E-state index contributed by atoms with van der Waals surface area (Å²) in [6, 6.07) is 2.03. The number of fused-ring (bicyclic) bond motifs is 1. The second kappa shape index (κ2) is 7.61. The van der Waals surface area contributed by atoms with E-state index >= 15 is 0 Å². The summed E-state index contributed by atoms with van der Waals surface area (Å²) in [5.41, 5.74) is 3.24. The number of carbonyl (C=O) groups excluding carboxylic acids is 1. The number of hydrogen-bond donors (Lipinski definition) is 2. The van der Waals surface area contributed by atoms with Crippen molar-refractivity contribution in [2.75, 3.05) is 44.7 Å². The number of rotatable bonds is 4. The second-order valence-electron chi connectivity index (χ2n) is 7.17. The molecule has 1 fully saturated rings. The molecule has 2 aromatic rings. The molecule has 144 valence electrons. The number of aryl methyl sites for hydroxylation is 1. The third kappa shape index (κ3) is 3.93. The molecule has 27 heavy (non-hydrogen) atoms. The molecule has 1 saturated heterocycles. The Hall–Kier alpha value is -2.52. The first-order valence-corrected chi connectivity index (χ1v) is 9.42. The molecule has 4 heterocycles. The molecule has 2 aromatic heterocycles. The smallest absolute Gasteiger partial charge is 0.255 e. The molecule has 4 rings (SSSR count). The molecular weight excluding hydrogens is 344 g/mol. The molecule has 9 nitrogen and oxygen atoms in total. The maximum Gasteiger partial charge on any atom is 0.255 e. The Bertz CT molecular complexity index is 801. The highest BCUT2D eigenvalue weighted by molar-refractivity contribution is 5.94. The first-order chi connectivity index (χ1) is 13.1. The first-order valence-electron chi connectivity index (χ1n) is 9.42. The van der Waals surface area contributed by atoms with Crippen molar-refractivity contribution in [1.82, 2.24) is 35.3 Å². The van der Waals surface area contributed by atoms with Crippen LogP contribution in [0.5, 0.6) is 0 Å². The largest absolute Gasteiger partial charge is 0.346 e. The summed E-state index contributed by atoms with van der Waals surface area (Å²) in [5.74, 6) is 0.535. The third-order valence-corrected chi connectivity index (χ3v) is 5.15. The number of amides is 1. The lowest BCUT2D eigenvalue weighted by Crippen LogP contribution is -2.45. The summed E-state index contributed by atoms with van der Waals surface area (Å²) in [6.07, 6.45) is 1.63. The van der Waals surface area contributed by atoms with E-state index in [0.717, 1.165) is 57.2 Å². The van der Waals surface area contributed by atoms with Gasteiger partial charge in [-0.05, 0) is 20.0 Å². The van der Waals surface area contributed by atoms with Gasteiger partial charge in [-0.3, -0.25) is 9.48 Å². The molecular formula is C18H26N8O. The fourth-order valence-corrected chi connectivity index (χ4v) is 3.44. The Kier molecular flexibility index (Phi) is 5.04. The Morgan fingerprint density at radius 3 is 2.81 bits per heavy atom. The van der Waals surface area contributed by atoms with Crippen molar-refractivity contribution in [3.8, 4) is 0 Å². The van der Waals surface area contributed by atoms with E-state index in [1.165, 1.54) is 0 Å². The van der Waals surface area contributed by atoms with Crippen LogP contribution in [0.15, 0.2) is 12.3 Å². The van der Waals surface area contributed by atoms with E-state index in [2.05, 4.69) is 42.5 Å². The van der Waals surface area contributed by atoms with Gasteiger partial charge in [-0.25, -0.2) is 9.97 Å². The van der Waals surface area contributed by atoms with E-state index in [0.29, 0.717) is 23.8 Å². The van der Waals surface area contributed by atoms with Gasteiger partial charge in [0.05, 0.1) is 35.7 Å². The molecule has 0 unspecified atom stereocenters. The van der Waals surface area contributed by atoms with Crippen molar-refractivity contribution in [1.29, 1.82) is 0 Å². The van der Waals surface area contributed by atoms with Crippen LogP contribution in [0.4, 0.5) is 5.95 Å². The highest BCUT2D eigenvalue weighted by Gasteiger charge is 2.19. The van der Waals surface area contributed by atoms with Crippen molar-refractivity contribution in [2.45, 2.75) is 26.6 Å². The predicted molar refractivity (Wildman–Crippen MR) is 102 cm³/mol. The molecule has 2 N–H and O–H groups in total. The normalized spacial score (nSPS) is 17.6. The van der Waals surface area contributed by atoms with Gasteiger partial charge < -0.3 is 20.4 Å². The minimum Gasteiger partial charge on any atom is -0.346 e. The molecule has 0 aromatic carbocycles. The number of piperazine rings is 1. The third-order valence-electron chi connectivity index (χ3n) is 5.15. The van der Waals surface area contributed by atoms with Crippen LogP contribution in [0.3, 0.4) is 0 Å². The summed E-state index contributed by atoms with van der Waals surface area (Å²) < 4.78 is 2.00. The molecule has 2 aliphatic heterocycles. The average molecular weight is 370 g/mol. The van der Waals surface area contributed by atoms with Gasteiger partial charge in [-0.1, -0.05) is 0 Å². The van der Waals surface area contributed by atoms with Gasteiger partial charge in [0.15, 0.2) is 0 Å². The van der Waals surface area contributed by atoms with Gasteiger partial charge in [0.1, 0.15) is 0 Å². The zero-order chi connectivity index (χ0) is 18.8. The highest BCUT2D eigenvalue weighted by Crippen LogP contribution is 2.14. The lowest BCUT2D eigenvalue weighted by molar-refractivity contribution is 0.0949. The van der Waals surface area contributed by atoms with Crippen LogP contribution < -0.4 is 15.5 Å². The Labute approximate surface area is 158 Å². The summed E-state index contributed by atoms with van der Waals surface area (Å²) in [7, 11) is 2.11. The summed E-state index contributed by atoms with van der Waals surface area (Å²) >= 11 is 0. The number of aromatic nitrogens is 4. The molecule has 0 saturated carbocycles. The quantitative estimate of drug-likeness (QED) is 0.768. The van der Waals surface area contributed by atoms with Crippen LogP contribution in [-0.4, -0.2) is 70.3 Å². The lowest BCUT2D eigenvalue weighted by Gasteiger charge is -2.32. The van der Waals surface area contributed by atoms with Crippen LogP contribution in [0, 0.1) is 6.92 Å². The van der Waals surface area contributed by atoms with Crippen LogP contribution >= 0.6 is 0 Å². The van der Waals surface area contributed by atoms with E-state index in [4.69, 9.17) is 0 Å². The fourth-order valence-electron chi connectivity index (χ4n) is 3.44. The number of nitrogens with one attached hydrogen (secondary N) is 2. The van der Waals surface area contributed by atoms with Crippen LogP contribution in [-0.2, 0) is 19.6 Å². The number of likely N-dealkylation sites (N-methyl/N-ethyl adjacent to an activating group) is 1. The molecule has 0 bridgehead atoms. The molecule has 1 amide bonds. The van der Waals surface area contributed by atoms with Gasteiger partial charge in [-0.2, -0.15) is 5.10 Å². The van der Waals surface area contributed by atoms with Crippen LogP contribution in [0.25, 0.3) is 0 Å². The summed E-state index contributed by atoms with van der Waals surface area (Å²) in [4.78, 5) is 26.0.